The Morgan fingerprint density at radius 1 is 1.10 bits per heavy atom. The number of hydrogen-bond donors (Lipinski definition) is 1. The van der Waals surface area contributed by atoms with Gasteiger partial charge in [0.2, 0.25) is 0 Å². The molecule has 112 valence electrons. The highest BCUT2D eigenvalue weighted by Crippen LogP contribution is 2.28. The monoisotopic (exact) mass is 291 g/mol. The number of nitrogens with two attached hydrogens (primary N) is 1. The molecule has 0 spiro atoms. The number of hydrogen-bond acceptors (Lipinski definition) is 2. The summed E-state index contributed by atoms with van der Waals surface area (Å²) in [6.07, 6.45) is 0.205. The summed E-state index contributed by atoms with van der Waals surface area (Å²) < 4.78 is 32.5. The van der Waals surface area contributed by atoms with Crippen LogP contribution in [-0.4, -0.2) is 6.04 Å². The van der Waals surface area contributed by atoms with Crippen LogP contribution < -0.4 is 10.5 Å². The van der Waals surface area contributed by atoms with E-state index in [-0.39, 0.29) is 17.7 Å². The molecule has 2 aromatic carbocycles. The fraction of sp³-hybridized carbons (Fsp3) is 0.294. The van der Waals surface area contributed by atoms with E-state index in [9.17, 15) is 8.78 Å². The van der Waals surface area contributed by atoms with Crippen molar-refractivity contribution in [1.29, 1.82) is 0 Å². The number of rotatable bonds is 5. The molecule has 0 aliphatic heterocycles. The standard InChI is InChI=1S/C17H19F2NO/c1-3-15(20)17(12-5-4-6-13(18)10-12)21-16-8-7-14(19)9-11(16)2/h4-10,15,17H,3,20H2,1-2H3. The van der Waals surface area contributed by atoms with E-state index in [0.29, 0.717) is 23.3 Å². The van der Waals surface area contributed by atoms with Crippen molar-refractivity contribution in [3.63, 3.8) is 0 Å². The molecule has 0 saturated carbocycles. The first kappa shape index (κ1) is 15.4. The Morgan fingerprint density at radius 2 is 1.81 bits per heavy atom. The molecule has 2 rings (SSSR count). The van der Waals surface area contributed by atoms with Crippen LogP contribution in [-0.2, 0) is 0 Å². The Labute approximate surface area is 123 Å². The van der Waals surface area contributed by atoms with Crippen LogP contribution in [0.4, 0.5) is 8.78 Å². The lowest BCUT2D eigenvalue weighted by Crippen LogP contribution is -2.31. The van der Waals surface area contributed by atoms with E-state index in [2.05, 4.69) is 0 Å². The Balaban J connectivity index is 2.33. The van der Waals surface area contributed by atoms with Crippen molar-refractivity contribution in [3.8, 4) is 5.75 Å². The van der Waals surface area contributed by atoms with Crippen LogP contribution in [0.5, 0.6) is 5.75 Å². The number of halogens is 2. The molecular weight excluding hydrogens is 272 g/mol. The summed E-state index contributed by atoms with van der Waals surface area (Å²) in [6.45, 7) is 3.70. The topological polar surface area (TPSA) is 35.2 Å². The van der Waals surface area contributed by atoms with Crippen molar-refractivity contribution in [1.82, 2.24) is 0 Å². The molecule has 2 aromatic rings. The summed E-state index contributed by atoms with van der Waals surface area (Å²) in [7, 11) is 0. The molecule has 21 heavy (non-hydrogen) atoms. The van der Waals surface area contributed by atoms with Gasteiger partial charge in [-0.3, -0.25) is 0 Å². The Bertz CT molecular complexity index is 615. The molecule has 0 aliphatic rings. The maximum Gasteiger partial charge on any atom is 0.139 e. The molecule has 4 heteroatoms. The van der Waals surface area contributed by atoms with E-state index in [4.69, 9.17) is 10.5 Å². The molecule has 2 N–H and O–H groups in total. The lowest BCUT2D eigenvalue weighted by Gasteiger charge is -2.25. The Hall–Kier alpha value is -1.94. The molecule has 0 aromatic heterocycles. The van der Waals surface area contributed by atoms with Gasteiger partial charge >= 0.3 is 0 Å². The lowest BCUT2D eigenvalue weighted by molar-refractivity contribution is 0.169. The molecular formula is C17H19F2NO. The van der Waals surface area contributed by atoms with Crippen molar-refractivity contribution >= 4 is 0 Å². The molecule has 0 amide bonds. The largest absolute Gasteiger partial charge is 0.484 e. The van der Waals surface area contributed by atoms with Crippen molar-refractivity contribution in [2.45, 2.75) is 32.4 Å². The summed E-state index contributed by atoms with van der Waals surface area (Å²) in [6, 6.07) is 10.2. The van der Waals surface area contributed by atoms with Gasteiger partial charge in [-0.15, -0.1) is 0 Å². The number of ether oxygens (including phenoxy) is 1. The first-order valence-electron chi connectivity index (χ1n) is 6.95. The fourth-order valence-electron chi connectivity index (χ4n) is 2.18. The molecule has 0 fully saturated rings. The third kappa shape index (κ3) is 3.79. The summed E-state index contributed by atoms with van der Waals surface area (Å²) >= 11 is 0. The van der Waals surface area contributed by atoms with Crippen molar-refractivity contribution in [2.75, 3.05) is 0 Å². The zero-order chi connectivity index (χ0) is 15.4. The number of aryl methyl sites for hydroxylation is 1. The Kier molecular flexibility index (Phi) is 4.91. The highest BCUT2D eigenvalue weighted by atomic mass is 19.1. The molecule has 0 saturated heterocycles. The summed E-state index contributed by atoms with van der Waals surface area (Å²) in [5, 5.41) is 0. The van der Waals surface area contributed by atoms with E-state index >= 15 is 0 Å². The second-order valence-electron chi connectivity index (χ2n) is 5.08. The highest BCUT2D eigenvalue weighted by Gasteiger charge is 2.21. The Morgan fingerprint density at radius 3 is 2.43 bits per heavy atom. The quantitative estimate of drug-likeness (QED) is 0.899. The van der Waals surface area contributed by atoms with Crippen LogP contribution >= 0.6 is 0 Å². The minimum absolute atomic E-state index is 0.281. The van der Waals surface area contributed by atoms with Crippen molar-refractivity contribution in [3.05, 3.63) is 65.2 Å². The van der Waals surface area contributed by atoms with E-state index < -0.39 is 6.10 Å². The maximum absolute atomic E-state index is 13.4. The maximum atomic E-state index is 13.4. The first-order valence-corrected chi connectivity index (χ1v) is 6.95. The first-order chi connectivity index (χ1) is 10.0. The SMILES string of the molecule is CCC(N)C(Oc1ccc(F)cc1C)c1cccc(F)c1. The minimum Gasteiger partial charge on any atom is -0.484 e. The van der Waals surface area contributed by atoms with Gasteiger partial charge < -0.3 is 10.5 Å². The van der Waals surface area contributed by atoms with Crippen LogP contribution in [0.3, 0.4) is 0 Å². The zero-order valence-electron chi connectivity index (χ0n) is 12.1. The summed E-state index contributed by atoms with van der Waals surface area (Å²) in [5.74, 6) is -0.100. The predicted molar refractivity (Wildman–Crippen MR) is 79.2 cm³/mol. The molecule has 0 heterocycles. The molecule has 2 unspecified atom stereocenters. The normalized spacial score (nSPS) is 13.8. The van der Waals surface area contributed by atoms with Crippen LogP contribution in [0.25, 0.3) is 0 Å². The zero-order valence-corrected chi connectivity index (χ0v) is 12.1. The highest BCUT2D eigenvalue weighted by molar-refractivity contribution is 5.34. The molecule has 2 nitrogen and oxygen atoms in total. The van der Waals surface area contributed by atoms with E-state index in [1.54, 1.807) is 25.1 Å². The third-order valence-electron chi connectivity index (χ3n) is 3.43. The molecule has 0 radical (unpaired) electrons. The van der Waals surface area contributed by atoms with Gasteiger partial charge in [0.1, 0.15) is 23.5 Å². The van der Waals surface area contributed by atoms with Gasteiger partial charge in [-0.25, -0.2) is 8.78 Å². The van der Waals surface area contributed by atoms with E-state index in [1.807, 2.05) is 6.92 Å². The second kappa shape index (κ2) is 6.68. The van der Waals surface area contributed by atoms with Crippen molar-refractivity contribution < 1.29 is 13.5 Å². The average Bonchev–Trinajstić information content (AvgIpc) is 2.45. The van der Waals surface area contributed by atoms with Gasteiger partial charge in [-0.05, 0) is 54.8 Å². The van der Waals surface area contributed by atoms with Crippen molar-refractivity contribution in [2.24, 2.45) is 5.73 Å². The van der Waals surface area contributed by atoms with Gasteiger partial charge in [0, 0.05) is 6.04 Å². The lowest BCUT2D eigenvalue weighted by atomic mass is 10.0. The molecule has 0 aliphatic carbocycles. The second-order valence-corrected chi connectivity index (χ2v) is 5.08. The van der Waals surface area contributed by atoms with Gasteiger partial charge in [-0.2, -0.15) is 0 Å². The smallest absolute Gasteiger partial charge is 0.139 e. The predicted octanol–water partition coefficient (Wildman–Crippen LogP) is 4.13. The fourth-order valence-corrected chi connectivity index (χ4v) is 2.18. The van der Waals surface area contributed by atoms with Gasteiger partial charge in [0.05, 0.1) is 0 Å². The van der Waals surface area contributed by atoms with Crippen LogP contribution in [0, 0.1) is 18.6 Å². The minimum atomic E-state index is -0.477. The van der Waals surface area contributed by atoms with E-state index in [1.165, 1.54) is 24.3 Å². The van der Waals surface area contributed by atoms with E-state index in [0.717, 1.165) is 0 Å². The van der Waals surface area contributed by atoms with Gasteiger partial charge in [-0.1, -0.05) is 19.1 Å². The van der Waals surface area contributed by atoms with Crippen LogP contribution in [0.2, 0.25) is 0 Å². The van der Waals surface area contributed by atoms with Gasteiger partial charge in [0.15, 0.2) is 0 Å². The molecule has 0 bridgehead atoms. The summed E-state index contributed by atoms with van der Waals surface area (Å²) in [4.78, 5) is 0. The van der Waals surface area contributed by atoms with Gasteiger partial charge in [0.25, 0.3) is 0 Å². The summed E-state index contributed by atoms with van der Waals surface area (Å²) in [5.41, 5.74) is 7.46. The third-order valence-corrected chi connectivity index (χ3v) is 3.43. The average molecular weight is 291 g/mol. The van der Waals surface area contributed by atoms with Crippen LogP contribution in [0.15, 0.2) is 42.5 Å². The molecule has 2 atom stereocenters. The number of benzene rings is 2. The van der Waals surface area contributed by atoms with Crippen LogP contribution in [0.1, 0.15) is 30.6 Å².